The highest BCUT2D eigenvalue weighted by molar-refractivity contribution is 5.67. The Hall–Kier alpha value is -1.62. The van der Waals surface area contributed by atoms with Crippen LogP contribution in [0.4, 0.5) is 0 Å². The maximum absolute atomic E-state index is 11.0. The fraction of sp³-hybridized carbons (Fsp3) is 0.538. The summed E-state index contributed by atoms with van der Waals surface area (Å²) in [6.07, 6.45) is 1.76. The lowest BCUT2D eigenvalue weighted by atomic mass is 10.0. The van der Waals surface area contributed by atoms with Gasteiger partial charge in [0.1, 0.15) is 0 Å². The molecule has 1 N–H and O–H groups in total. The van der Waals surface area contributed by atoms with E-state index in [9.17, 15) is 4.79 Å². The number of hydrogen-bond acceptors (Lipinski definition) is 4. The van der Waals surface area contributed by atoms with Crippen LogP contribution in [0.25, 0.3) is 0 Å². The first kappa shape index (κ1) is 14.4. The van der Waals surface area contributed by atoms with Crippen LogP contribution in [-0.2, 0) is 4.79 Å². The average Bonchev–Trinajstić information content (AvgIpc) is 2.38. The van der Waals surface area contributed by atoms with E-state index in [2.05, 4.69) is 9.88 Å². The van der Waals surface area contributed by atoms with Crippen molar-refractivity contribution in [2.45, 2.75) is 26.3 Å². The zero-order valence-electron chi connectivity index (χ0n) is 11.1. The van der Waals surface area contributed by atoms with Gasteiger partial charge in [-0.2, -0.15) is 0 Å². The predicted octanol–water partition coefficient (Wildman–Crippen LogP) is 1.95. The van der Waals surface area contributed by atoms with Gasteiger partial charge in [-0.25, -0.2) is 4.98 Å². The van der Waals surface area contributed by atoms with Crippen LogP contribution in [0.1, 0.15) is 31.9 Å². The summed E-state index contributed by atoms with van der Waals surface area (Å²) in [6.45, 7) is 5.66. The molecule has 0 aliphatic carbocycles. The molecule has 0 aromatic carbocycles. The second-order valence-electron chi connectivity index (χ2n) is 3.97. The Morgan fingerprint density at radius 3 is 2.50 bits per heavy atom. The third kappa shape index (κ3) is 3.70. The van der Waals surface area contributed by atoms with Gasteiger partial charge in [0.2, 0.25) is 5.88 Å². The summed E-state index contributed by atoms with van der Waals surface area (Å²) in [4.78, 5) is 17.2. The number of pyridine rings is 1. The highest BCUT2D eigenvalue weighted by Crippen LogP contribution is 2.24. The summed E-state index contributed by atoms with van der Waals surface area (Å²) >= 11 is 0. The third-order valence-corrected chi connectivity index (χ3v) is 2.97. The Balaban J connectivity index is 2.96. The molecule has 0 bridgehead atoms. The number of carboxylic acid groups (broad SMARTS) is 1. The first-order valence-electron chi connectivity index (χ1n) is 6.08. The van der Waals surface area contributed by atoms with E-state index in [1.807, 2.05) is 19.9 Å². The van der Waals surface area contributed by atoms with E-state index >= 15 is 0 Å². The van der Waals surface area contributed by atoms with Crippen LogP contribution in [0, 0.1) is 0 Å². The van der Waals surface area contributed by atoms with Gasteiger partial charge in [-0.1, -0.05) is 19.9 Å². The lowest BCUT2D eigenvalue weighted by Gasteiger charge is -2.28. The van der Waals surface area contributed by atoms with Crippen LogP contribution < -0.4 is 4.74 Å². The molecule has 1 rings (SSSR count). The maximum atomic E-state index is 11.0. The molecule has 0 saturated carbocycles. The Labute approximate surface area is 107 Å². The zero-order valence-corrected chi connectivity index (χ0v) is 11.1. The van der Waals surface area contributed by atoms with E-state index in [1.54, 1.807) is 19.4 Å². The summed E-state index contributed by atoms with van der Waals surface area (Å²) in [6, 6.07) is 3.49. The molecule has 1 heterocycles. The summed E-state index contributed by atoms with van der Waals surface area (Å²) < 4.78 is 5.00. The summed E-state index contributed by atoms with van der Waals surface area (Å²) in [7, 11) is 1.56. The number of rotatable bonds is 7. The fourth-order valence-corrected chi connectivity index (χ4v) is 2.00. The third-order valence-electron chi connectivity index (χ3n) is 2.97. The molecule has 0 aliphatic heterocycles. The number of hydrogen-bond donors (Lipinski definition) is 1. The molecule has 0 aliphatic rings. The normalized spacial score (nSPS) is 12.4. The minimum absolute atomic E-state index is 0.0791. The first-order valence-corrected chi connectivity index (χ1v) is 6.08. The number of aliphatic carboxylic acids is 1. The van der Waals surface area contributed by atoms with Gasteiger partial charge in [-0.3, -0.25) is 9.69 Å². The van der Waals surface area contributed by atoms with E-state index in [4.69, 9.17) is 9.84 Å². The fourth-order valence-electron chi connectivity index (χ4n) is 2.00. The summed E-state index contributed by atoms with van der Waals surface area (Å²) in [5.74, 6) is -0.268. The number of carboxylic acids is 1. The highest BCUT2D eigenvalue weighted by atomic mass is 16.5. The molecule has 1 atom stereocenters. The molecule has 0 radical (unpaired) electrons. The van der Waals surface area contributed by atoms with Crippen LogP contribution in [-0.4, -0.2) is 41.2 Å². The second kappa shape index (κ2) is 6.96. The summed E-state index contributed by atoms with van der Waals surface area (Å²) in [5, 5.41) is 9.01. The van der Waals surface area contributed by atoms with Crippen molar-refractivity contribution in [3.05, 3.63) is 23.9 Å². The standard InChI is InChI=1S/C13H20N2O3/c1-4-15(5-2)11(8-13(16)17)10-6-7-12(18-3)14-9-10/h6-7,9,11H,4-5,8H2,1-3H3,(H,16,17). The van der Waals surface area contributed by atoms with Crippen molar-refractivity contribution in [3.8, 4) is 5.88 Å². The van der Waals surface area contributed by atoms with E-state index in [1.165, 1.54) is 0 Å². The molecule has 0 saturated heterocycles. The number of aromatic nitrogens is 1. The molecule has 18 heavy (non-hydrogen) atoms. The number of carbonyl (C=O) groups is 1. The quantitative estimate of drug-likeness (QED) is 0.803. The van der Waals surface area contributed by atoms with E-state index in [0.717, 1.165) is 18.7 Å². The average molecular weight is 252 g/mol. The molecule has 5 nitrogen and oxygen atoms in total. The van der Waals surface area contributed by atoms with Crippen LogP contribution in [0.2, 0.25) is 0 Å². The van der Waals surface area contributed by atoms with Crippen LogP contribution in [0.5, 0.6) is 5.88 Å². The monoisotopic (exact) mass is 252 g/mol. The molecule has 100 valence electrons. The second-order valence-corrected chi connectivity index (χ2v) is 3.97. The smallest absolute Gasteiger partial charge is 0.305 e. The van der Waals surface area contributed by atoms with Crippen molar-refractivity contribution in [1.82, 2.24) is 9.88 Å². The Kier molecular flexibility index (Phi) is 5.58. The molecular weight excluding hydrogens is 232 g/mol. The van der Waals surface area contributed by atoms with Gasteiger partial charge in [0.05, 0.1) is 13.5 Å². The Morgan fingerprint density at radius 2 is 2.11 bits per heavy atom. The van der Waals surface area contributed by atoms with Gasteiger partial charge < -0.3 is 9.84 Å². The van der Waals surface area contributed by atoms with Gasteiger partial charge in [-0.05, 0) is 18.7 Å². The first-order chi connectivity index (χ1) is 8.62. The molecule has 1 aromatic rings. The molecular formula is C13H20N2O3. The lowest BCUT2D eigenvalue weighted by Crippen LogP contribution is -2.30. The number of ether oxygens (including phenoxy) is 1. The van der Waals surface area contributed by atoms with Gasteiger partial charge in [0, 0.05) is 18.3 Å². The molecule has 1 unspecified atom stereocenters. The van der Waals surface area contributed by atoms with E-state index in [-0.39, 0.29) is 12.5 Å². The van der Waals surface area contributed by atoms with Gasteiger partial charge >= 0.3 is 5.97 Å². The Morgan fingerprint density at radius 1 is 1.44 bits per heavy atom. The minimum Gasteiger partial charge on any atom is -0.481 e. The van der Waals surface area contributed by atoms with Crippen LogP contribution >= 0.6 is 0 Å². The highest BCUT2D eigenvalue weighted by Gasteiger charge is 2.21. The maximum Gasteiger partial charge on any atom is 0.305 e. The van der Waals surface area contributed by atoms with Gasteiger partial charge in [0.25, 0.3) is 0 Å². The molecule has 0 fully saturated rings. The van der Waals surface area contributed by atoms with Gasteiger partial charge in [0.15, 0.2) is 0 Å². The van der Waals surface area contributed by atoms with E-state index in [0.29, 0.717) is 5.88 Å². The molecule has 0 amide bonds. The van der Waals surface area contributed by atoms with Crippen molar-refractivity contribution in [2.75, 3.05) is 20.2 Å². The van der Waals surface area contributed by atoms with Crippen molar-refractivity contribution >= 4 is 5.97 Å². The topological polar surface area (TPSA) is 62.7 Å². The number of nitrogens with zero attached hydrogens (tertiary/aromatic N) is 2. The lowest BCUT2D eigenvalue weighted by molar-refractivity contribution is -0.138. The van der Waals surface area contributed by atoms with Crippen LogP contribution in [0.15, 0.2) is 18.3 Å². The van der Waals surface area contributed by atoms with Gasteiger partial charge in [-0.15, -0.1) is 0 Å². The summed E-state index contributed by atoms with van der Waals surface area (Å²) in [5.41, 5.74) is 0.905. The number of methoxy groups -OCH3 is 1. The van der Waals surface area contributed by atoms with Crippen molar-refractivity contribution in [2.24, 2.45) is 0 Å². The van der Waals surface area contributed by atoms with Crippen molar-refractivity contribution in [1.29, 1.82) is 0 Å². The SMILES string of the molecule is CCN(CC)C(CC(=O)O)c1ccc(OC)nc1. The molecule has 0 spiro atoms. The van der Waals surface area contributed by atoms with E-state index < -0.39 is 5.97 Å². The Bertz CT molecular complexity index is 374. The predicted molar refractivity (Wildman–Crippen MR) is 68.7 cm³/mol. The zero-order chi connectivity index (χ0) is 13.5. The van der Waals surface area contributed by atoms with Crippen LogP contribution in [0.3, 0.4) is 0 Å². The largest absolute Gasteiger partial charge is 0.481 e. The molecule has 1 aromatic heterocycles. The minimum atomic E-state index is -0.803. The molecule has 5 heteroatoms. The van der Waals surface area contributed by atoms with Crippen molar-refractivity contribution < 1.29 is 14.6 Å². The van der Waals surface area contributed by atoms with Crippen molar-refractivity contribution in [3.63, 3.8) is 0 Å².